The Balaban J connectivity index is 2.06. The largest absolute Gasteiger partial charge is 0.352 e. The standard InChI is InChI=1S/C29H32Cl3N3O4S/c1-5-20(3)33-29(37)21(4)34(17-22-7-6-8-23(30)13-22)28(36)18-35(26-15-24(31)14-25(32)16-26)40(38,39)27-11-9-19(2)10-12-27/h6-16,20-21H,5,17-18H2,1-4H3,(H,33,37)/t20-,21+/m0/s1. The number of carbonyl (C=O) groups is 2. The van der Waals surface area contributed by atoms with Crippen LogP contribution in [0.3, 0.4) is 0 Å². The molecule has 2 atom stereocenters. The van der Waals surface area contributed by atoms with E-state index in [2.05, 4.69) is 5.32 Å². The second-order valence-electron chi connectivity index (χ2n) is 9.60. The first-order chi connectivity index (χ1) is 18.8. The van der Waals surface area contributed by atoms with Crippen LogP contribution >= 0.6 is 34.8 Å². The van der Waals surface area contributed by atoms with Crippen molar-refractivity contribution in [3.63, 3.8) is 0 Å². The summed E-state index contributed by atoms with van der Waals surface area (Å²) in [5, 5.41) is 3.78. The highest BCUT2D eigenvalue weighted by Crippen LogP contribution is 2.30. The Morgan fingerprint density at radius 1 is 0.900 bits per heavy atom. The third-order valence-electron chi connectivity index (χ3n) is 6.43. The van der Waals surface area contributed by atoms with Crippen LogP contribution in [0.25, 0.3) is 0 Å². The first-order valence-corrected chi connectivity index (χ1v) is 15.3. The van der Waals surface area contributed by atoms with Gasteiger partial charge in [0.1, 0.15) is 12.6 Å². The lowest BCUT2D eigenvalue weighted by atomic mass is 10.1. The van der Waals surface area contributed by atoms with Gasteiger partial charge in [-0.05, 0) is 75.2 Å². The van der Waals surface area contributed by atoms with Crippen LogP contribution in [-0.2, 0) is 26.2 Å². The quantitative estimate of drug-likeness (QED) is 0.265. The van der Waals surface area contributed by atoms with Crippen molar-refractivity contribution >= 4 is 62.3 Å². The molecule has 0 saturated heterocycles. The predicted molar refractivity (Wildman–Crippen MR) is 162 cm³/mol. The molecule has 3 aromatic carbocycles. The van der Waals surface area contributed by atoms with Crippen LogP contribution in [0, 0.1) is 6.92 Å². The number of aryl methyl sites for hydroxylation is 1. The minimum Gasteiger partial charge on any atom is -0.352 e. The highest BCUT2D eigenvalue weighted by molar-refractivity contribution is 7.92. The van der Waals surface area contributed by atoms with E-state index in [1.165, 1.54) is 35.2 Å². The molecule has 3 rings (SSSR count). The number of rotatable bonds is 11. The van der Waals surface area contributed by atoms with E-state index in [4.69, 9.17) is 34.8 Å². The number of nitrogens with one attached hydrogen (secondary N) is 1. The summed E-state index contributed by atoms with van der Waals surface area (Å²) in [6.07, 6.45) is 0.707. The average molecular weight is 625 g/mol. The summed E-state index contributed by atoms with van der Waals surface area (Å²) in [5.74, 6) is -0.956. The van der Waals surface area contributed by atoms with Crippen LogP contribution < -0.4 is 9.62 Å². The van der Waals surface area contributed by atoms with Crippen molar-refractivity contribution in [2.45, 2.75) is 57.6 Å². The highest BCUT2D eigenvalue weighted by atomic mass is 35.5. The minimum atomic E-state index is -4.23. The Morgan fingerprint density at radius 3 is 2.10 bits per heavy atom. The molecule has 0 aliphatic carbocycles. The molecule has 0 bridgehead atoms. The Morgan fingerprint density at radius 2 is 1.52 bits per heavy atom. The van der Waals surface area contributed by atoms with Crippen molar-refractivity contribution in [1.29, 1.82) is 0 Å². The van der Waals surface area contributed by atoms with Gasteiger partial charge < -0.3 is 10.2 Å². The molecule has 0 radical (unpaired) electrons. The fourth-order valence-corrected chi connectivity index (χ4v) is 6.05. The first kappa shape index (κ1) is 31.7. The summed E-state index contributed by atoms with van der Waals surface area (Å²) >= 11 is 18.6. The van der Waals surface area contributed by atoms with Gasteiger partial charge in [-0.3, -0.25) is 13.9 Å². The van der Waals surface area contributed by atoms with Gasteiger partial charge in [0.05, 0.1) is 10.6 Å². The lowest BCUT2D eigenvalue weighted by Gasteiger charge is -2.32. The van der Waals surface area contributed by atoms with Gasteiger partial charge in [-0.2, -0.15) is 0 Å². The van der Waals surface area contributed by atoms with E-state index in [-0.39, 0.29) is 39.1 Å². The topological polar surface area (TPSA) is 86.8 Å². The Labute approximate surface area is 251 Å². The molecule has 0 spiro atoms. The molecule has 3 aromatic rings. The molecule has 11 heteroatoms. The van der Waals surface area contributed by atoms with Crippen LogP contribution in [0.2, 0.25) is 15.1 Å². The van der Waals surface area contributed by atoms with Crippen LogP contribution in [0.15, 0.2) is 71.6 Å². The Bertz CT molecular complexity index is 1450. The molecule has 40 heavy (non-hydrogen) atoms. The molecule has 0 saturated carbocycles. The van der Waals surface area contributed by atoms with Gasteiger partial charge >= 0.3 is 0 Å². The summed E-state index contributed by atoms with van der Waals surface area (Å²) in [5.41, 5.74) is 1.68. The second kappa shape index (κ2) is 13.7. The molecule has 2 amide bonds. The zero-order valence-electron chi connectivity index (χ0n) is 22.7. The van der Waals surface area contributed by atoms with Crippen molar-refractivity contribution in [1.82, 2.24) is 10.2 Å². The van der Waals surface area contributed by atoms with Crippen molar-refractivity contribution < 1.29 is 18.0 Å². The normalized spacial score (nSPS) is 12.9. The Hall–Kier alpha value is -2.78. The lowest BCUT2D eigenvalue weighted by Crippen LogP contribution is -2.52. The molecule has 7 nitrogen and oxygen atoms in total. The third kappa shape index (κ3) is 8.13. The number of halogens is 3. The van der Waals surface area contributed by atoms with Gasteiger partial charge in [0.25, 0.3) is 10.0 Å². The van der Waals surface area contributed by atoms with E-state index >= 15 is 0 Å². The zero-order chi connectivity index (χ0) is 29.6. The van der Waals surface area contributed by atoms with E-state index in [0.29, 0.717) is 17.0 Å². The number of hydrogen-bond acceptors (Lipinski definition) is 4. The summed E-state index contributed by atoms with van der Waals surface area (Å²) in [6, 6.07) is 16.5. The zero-order valence-corrected chi connectivity index (χ0v) is 25.8. The average Bonchev–Trinajstić information content (AvgIpc) is 2.89. The van der Waals surface area contributed by atoms with Crippen LogP contribution in [0.4, 0.5) is 5.69 Å². The van der Waals surface area contributed by atoms with Gasteiger partial charge in [-0.25, -0.2) is 8.42 Å². The molecular weight excluding hydrogens is 593 g/mol. The van der Waals surface area contributed by atoms with E-state index in [1.807, 2.05) is 20.8 Å². The summed E-state index contributed by atoms with van der Waals surface area (Å²) in [6.45, 7) is 6.68. The predicted octanol–water partition coefficient (Wildman–Crippen LogP) is 6.48. The maximum absolute atomic E-state index is 14.0. The Kier molecular flexibility index (Phi) is 10.9. The maximum Gasteiger partial charge on any atom is 0.264 e. The molecule has 214 valence electrons. The smallest absolute Gasteiger partial charge is 0.264 e. The molecule has 0 aromatic heterocycles. The molecule has 0 aliphatic rings. The molecule has 0 fully saturated rings. The van der Waals surface area contributed by atoms with E-state index < -0.39 is 28.5 Å². The number of sulfonamides is 1. The number of hydrogen-bond donors (Lipinski definition) is 1. The number of nitrogens with zero attached hydrogens (tertiary/aromatic N) is 2. The molecule has 0 aliphatic heterocycles. The summed E-state index contributed by atoms with van der Waals surface area (Å²) in [7, 11) is -4.23. The van der Waals surface area contributed by atoms with E-state index in [1.54, 1.807) is 43.3 Å². The number of anilines is 1. The van der Waals surface area contributed by atoms with Gasteiger partial charge in [0.15, 0.2) is 0 Å². The summed E-state index contributed by atoms with van der Waals surface area (Å²) < 4.78 is 28.7. The van der Waals surface area contributed by atoms with Gasteiger partial charge in [-0.15, -0.1) is 0 Å². The number of carbonyl (C=O) groups excluding carboxylic acids is 2. The van der Waals surface area contributed by atoms with E-state index in [0.717, 1.165) is 9.87 Å². The van der Waals surface area contributed by atoms with Crippen LogP contribution in [-0.4, -0.2) is 43.8 Å². The SMILES string of the molecule is CC[C@H](C)NC(=O)[C@@H](C)N(Cc1cccc(Cl)c1)C(=O)CN(c1cc(Cl)cc(Cl)c1)S(=O)(=O)c1ccc(C)cc1. The van der Waals surface area contributed by atoms with Gasteiger partial charge in [0.2, 0.25) is 11.8 Å². The summed E-state index contributed by atoms with van der Waals surface area (Å²) in [4.78, 5) is 28.4. The fraction of sp³-hybridized carbons (Fsp3) is 0.310. The molecule has 0 unspecified atom stereocenters. The number of benzene rings is 3. The highest BCUT2D eigenvalue weighted by Gasteiger charge is 2.33. The third-order valence-corrected chi connectivity index (χ3v) is 8.89. The molecule has 0 heterocycles. The van der Waals surface area contributed by atoms with E-state index in [9.17, 15) is 18.0 Å². The molecule has 1 N–H and O–H groups in total. The lowest BCUT2D eigenvalue weighted by molar-refractivity contribution is -0.139. The molecular formula is C29H32Cl3N3O4S. The van der Waals surface area contributed by atoms with Crippen LogP contribution in [0.5, 0.6) is 0 Å². The van der Waals surface area contributed by atoms with Gasteiger partial charge in [-0.1, -0.05) is 71.6 Å². The number of amides is 2. The first-order valence-electron chi connectivity index (χ1n) is 12.7. The fourth-order valence-electron chi connectivity index (χ4n) is 3.93. The van der Waals surface area contributed by atoms with Crippen LogP contribution in [0.1, 0.15) is 38.3 Å². The second-order valence-corrected chi connectivity index (χ2v) is 12.8. The minimum absolute atomic E-state index is 0.00838. The van der Waals surface area contributed by atoms with Crippen molar-refractivity contribution in [2.75, 3.05) is 10.8 Å². The van der Waals surface area contributed by atoms with Gasteiger partial charge in [0, 0.05) is 27.7 Å². The monoisotopic (exact) mass is 623 g/mol. The van der Waals surface area contributed by atoms with Crippen molar-refractivity contribution in [2.24, 2.45) is 0 Å². The maximum atomic E-state index is 14.0. The van der Waals surface area contributed by atoms with Crippen molar-refractivity contribution in [3.8, 4) is 0 Å². The van der Waals surface area contributed by atoms with Crippen molar-refractivity contribution in [3.05, 3.63) is 92.9 Å².